The number of nitrogens with zero attached hydrogens (tertiary/aromatic N) is 3. The van der Waals surface area contributed by atoms with Crippen LogP contribution >= 0.6 is 12.2 Å². The summed E-state index contributed by atoms with van der Waals surface area (Å²) in [5.41, 5.74) is 3.74. The number of hydrogen-bond donors (Lipinski definition) is 1. The Labute approximate surface area is 95.6 Å². The molecule has 0 aliphatic heterocycles. The van der Waals surface area contributed by atoms with Gasteiger partial charge in [-0.1, -0.05) is 30.8 Å². The highest BCUT2D eigenvalue weighted by Gasteiger charge is 2.39. The first kappa shape index (κ1) is 12.9. The lowest BCUT2D eigenvalue weighted by Gasteiger charge is -2.10. The predicted molar refractivity (Wildman–Crippen MR) is 55.8 cm³/mol. The number of aryl methyl sites for hydroxylation is 1. The zero-order valence-electron chi connectivity index (χ0n) is 8.58. The van der Waals surface area contributed by atoms with Crippen LogP contribution in [0.2, 0.25) is 0 Å². The van der Waals surface area contributed by atoms with Crippen molar-refractivity contribution in [2.75, 3.05) is 0 Å². The molecule has 1 heterocycles. The van der Waals surface area contributed by atoms with Gasteiger partial charge >= 0.3 is 6.18 Å². The summed E-state index contributed by atoms with van der Waals surface area (Å²) in [6, 6.07) is 0. The van der Waals surface area contributed by atoms with E-state index in [9.17, 15) is 13.2 Å². The predicted octanol–water partition coefficient (Wildman–Crippen LogP) is 1.73. The van der Waals surface area contributed by atoms with Gasteiger partial charge in [-0.15, -0.1) is 5.10 Å². The van der Waals surface area contributed by atoms with Gasteiger partial charge in [0, 0.05) is 6.54 Å². The first-order chi connectivity index (χ1) is 7.38. The van der Waals surface area contributed by atoms with Crippen molar-refractivity contribution in [3.8, 4) is 0 Å². The molecular weight excluding hydrogens is 241 g/mol. The second-order valence-electron chi connectivity index (χ2n) is 3.23. The Bertz CT molecular complexity index is 385. The van der Waals surface area contributed by atoms with Gasteiger partial charge in [-0.2, -0.15) is 13.2 Å². The smallest absolute Gasteiger partial charge is 0.388 e. The normalized spacial score (nSPS) is 11.8. The van der Waals surface area contributed by atoms with Crippen molar-refractivity contribution in [1.29, 1.82) is 0 Å². The zero-order valence-corrected chi connectivity index (χ0v) is 9.40. The van der Waals surface area contributed by atoms with Gasteiger partial charge in [0.05, 0.1) is 0 Å². The molecule has 1 rings (SSSR count). The summed E-state index contributed by atoms with van der Waals surface area (Å²) in [6.45, 7) is 2.03. The van der Waals surface area contributed by atoms with Crippen LogP contribution in [-0.4, -0.2) is 20.0 Å². The quantitative estimate of drug-likeness (QED) is 0.829. The van der Waals surface area contributed by atoms with Gasteiger partial charge in [0.1, 0.15) is 4.99 Å². The minimum Gasteiger partial charge on any atom is -0.388 e. The summed E-state index contributed by atoms with van der Waals surface area (Å²) >= 11 is 4.51. The monoisotopic (exact) mass is 252 g/mol. The van der Waals surface area contributed by atoms with Crippen LogP contribution in [0.5, 0.6) is 0 Å². The van der Waals surface area contributed by atoms with Crippen LogP contribution in [0, 0.1) is 0 Å². The fraction of sp³-hybridized carbons (Fsp3) is 0.625. The lowest BCUT2D eigenvalue weighted by Crippen LogP contribution is -2.21. The molecule has 0 aliphatic rings. The van der Waals surface area contributed by atoms with Crippen LogP contribution in [0.25, 0.3) is 0 Å². The Morgan fingerprint density at radius 2 is 2.12 bits per heavy atom. The topological polar surface area (TPSA) is 56.7 Å². The number of rotatable bonds is 4. The van der Waals surface area contributed by atoms with Gasteiger partial charge in [-0.3, -0.25) is 0 Å². The molecule has 0 bridgehead atoms. The van der Waals surface area contributed by atoms with Crippen LogP contribution < -0.4 is 5.73 Å². The highest BCUT2D eigenvalue weighted by atomic mass is 32.1. The van der Waals surface area contributed by atoms with Crippen LogP contribution in [0.1, 0.15) is 31.2 Å². The summed E-state index contributed by atoms with van der Waals surface area (Å²) in [5.74, 6) is 0. The molecular formula is C8H11F3N4S. The van der Waals surface area contributed by atoms with E-state index in [0.29, 0.717) is 6.42 Å². The fourth-order valence-corrected chi connectivity index (χ4v) is 1.36. The third-order valence-electron chi connectivity index (χ3n) is 1.96. The minimum atomic E-state index is -4.55. The van der Waals surface area contributed by atoms with E-state index in [0.717, 1.165) is 11.1 Å². The maximum Gasteiger partial charge on any atom is 0.435 e. The highest BCUT2D eigenvalue weighted by Crippen LogP contribution is 2.31. The van der Waals surface area contributed by atoms with E-state index in [1.807, 2.05) is 6.92 Å². The summed E-state index contributed by atoms with van der Waals surface area (Å²) in [5, 5.41) is 6.78. The van der Waals surface area contributed by atoms with E-state index < -0.39 is 22.6 Å². The summed E-state index contributed by atoms with van der Waals surface area (Å²) in [4.78, 5) is -0.393. The lowest BCUT2D eigenvalue weighted by atomic mass is 10.3. The van der Waals surface area contributed by atoms with Crippen LogP contribution in [0.15, 0.2) is 0 Å². The van der Waals surface area contributed by atoms with Gasteiger partial charge < -0.3 is 5.73 Å². The summed E-state index contributed by atoms with van der Waals surface area (Å²) < 4.78 is 38.9. The maximum absolute atomic E-state index is 12.7. The molecule has 0 spiro atoms. The molecule has 0 amide bonds. The molecule has 1 aromatic rings. The largest absolute Gasteiger partial charge is 0.435 e. The molecule has 0 fully saturated rings. The van der Waals surface area contributed by atoms with Gasteiger partial charge in [0.15, 0.2) is 11.4 Å². The molecule has 2 N–H and O–H groups in total. The Morgan fingerprint density at radius 3 is 2.56 bits per heavy atom. The first-order valence-electron chi connectivity index (χ1n) is 4.68. The van der Waals surface area contributed by atoms with Gasteiger partial charge in [0.2, 0.25) is 0 Å². The number of hydrogen-bond acceptors (Lipinski definition) is 3. The first-order valence-corrected chi connectivity index (χ1v) is 5.09. The highest BCUT2D eigenvalue weighted by molar-refractivity contribution is 7.80. The van der Waals surface area contributed by atoms with E-state index in [4.69, 9.17) is 5.73 Å². The van der Waals surface area contributed by atoms with Crippen molar-refractivity contribution in [3.05, 3.63) is 11.4 Å². The standard InChI is InChI=1S/C8H11F3N4S/c1-2-3-4-15-6(8(9,10)11)5(7(12)16)13-14-15/h2-4H2,1H3,(H2,12,16). The maximum atomic E-state index is 12.7. The van der Waals surface area contributed by atoms with Crippen molar-refractivity contribution >= 4 is 17.2 Å². The lowest BCUT2D eigenvalue weighted by molar-refractivity contribution is -0.144. The SMILES string of the molecule is CCCCn1nnc(C(N)=S)c1C(F)(F)F. The number of nitrogens with two attached hydrogens (primary N) is 1. The van der Waals surface area contributed by atoms with Gasteiger partial charge in [-0.05, 0) is 6.42 Å². The van der Waals surface area contributed by atoms with E-state index in [-0.39, 0.29) is 6.54 Å². The molecule has 0 aliphatic carbocycles. The molecule has 4 nitrogen and oxygen atoms in total. The third-order valence-corrected chi connectivity index (χ3v) is 2.15. The average molecular weight is 252 g/mol. The second kappa shape index (κ2) is 4.77. The molecule has 0 aromatic carbocycles. The van der Waals surface area contributed by atoms with Gasteiger partial charge in [0.25, 0.3) is 0 Å². The van der Waals surface area contributed by atoms with Gasteiger partial charge in [-0.25, -0.2) is 4.68 Å². The van der Waals surface area contributed by atoms with E-state index >= 15 is 0 Å². The Balaban J connectivity index is 3.15. The zero-order chi connectivity index (χ0) is 12.3. The average Bonchev–Trinajstić information content (AvgIpc) is 2.57. The van der Waals surface area contributed by atoms with Crippen LogP contribution in [0.4, 0.5) is 13.2 Å². The van der Waals surface area contributed by atoms with Crippen molar-refractivity contribution in [2.45, 2.75) is 32.5 Å². The second-order valence-corrected chi connectivity index (χ2v) is 3.67. The summed E-state index contributed by atoms with van der Waals surface area (Å²) in [6.07, 6.45) is -3.20. The number of unbranched alkanes of at least 4 members (excludes halogenated alkanes) is 1. The van der Waals surface area contributed by atoms with Crippen molar-refractivity contribution in [2.24, 2.45) is 5.73 Å². The number of halogens is 3. The Morgan fingerprint density at radius 1 is 1.50 bits per heavy atom. The molecule has 0 atom stereocenters. The van der Waals surface area contributed by atoms with Crippen LogP contribution in [-0.2, 0) is 12.7 Å². The van der Waals surface area contributed by atoms with Crippen molar-refractivity contribution in [1.82, 2.24) is 15.0 Å². The Hall–Kier alpha value is -1.18. The number of aromatic nitrogens is 3. The molecule has 0 unspecified atom stereocenters. The number of alkyl halides is 3. The van der Waals surface area contributed by atoms with Crippen molar-refractivity contribution in [3.63, 3.8) is 0 Å². The van der Waals surface area contributed by atoms with E-state index in [2.05, 4.69) is 22.5 Å². The molecule has 0 saturated heterocycles. The Kier molecular flexibility index (Phi) is 3.84. The van der Waals surface area contributed by atoms with E-state index in [1.54, 1.807) is 0 Å². The molecule has 0 radical (unpaired) electrons. The molecule has 1 aromatic heterocycles. The minimum absolute atomic E-state index is 0.154. The molecule has 8 heteroatoms. The van der Waals surface area contributed by atoms with E-state index in [1.165, 1.54) is 0 Å². The van der Waals surface area contributed by atoms with Crippen LogP contribution in [0.3, 0.4) is 0 Å². The third kappa shape index (κ3) is 2.69. The molecule has 0 saturated carbocycles. The molecule has 16 heavy (non-hydrogen) atoms. The fourth-order valence-electron chi connectivity index (χ4n) is 1.22. The molecule has 90 valence electrons. The number of thiocarbonyl (C=S) groups is 1. The van der Waals surface area contributed by atoms with Crippen molar-refractivity contribution < 1.29 is 13.2 Å². The summed E-state index contributed by atoms with van der Waals surface area (Å²) in [7, 11) is 0.